The molecule has 19 heavy (non-hydrogen) atoms. The maximum Gasteiger partial charge on any atom is 0.0157 e. The molecule has 0 radical (unpaired) electrons. The van der Waals surface area contributed by atoms with E-state index in [1.54, 1.807) is 0 Å². The third-order valence-electron chi connectivity index (χ3n) is 5.31. The fourth-order valence-corrected chi connectivity index (χ4v) is 3.76. The predicted octanol–water partition coefficient (Wildman–Crippen LogP) is 5.67. The van der Waals surface area contributed by atoms with E-state index in [-0.39, 0.29) is 5.54 Å². The van der Waals surface area contributed by atoms with Crippen molar-refractivity contribution in [2.24, 2.45) is 17.6 Å². The summed E-state index contributed by atoms with van der Waals surface area (Å²) in [4.78, 5) is 0. The Balaban J connectivity index is 2.33. The Labute approximate surface area is 121 Å². The molecule has 0 bridgehead atoms. The maximum atomic E-state index is 6.70. The van der Waals surface area contributed by atoms with Crippen LogP contribution in [0.4, 0.5) is 0 Å². The summed E-state index contributed by atoms with van der Waals surface area (Å²) in [5.41, 5.74) is 6.88. The number of unbranched alkanes of at least 4 members (excludes halogenated alkanes) is 2. The molecule has 114 valence electrons. The molecule has 0 amide bonds. The predicted molar refractivity (Wildman–Crippen MR) is 86.3 cm³/mol. The second kappa shape index (κ2) is 9.00. The van der Waals surface area contributed by atoms with Crippen molar-refractivity contribution in [1.82, 2.24) is 0 Å². The first kappa shape index (κ1) is 17.0. The quantitative estimate of drug-likeness (QED) is 0.572. The molecule has 1 atom stereocenters. The van der Waals surface area contributed by atoms with Crippen LogP contribution in [-0.4, -0.2) is 5.54 Å². The van der Waals surface area contributed by atoms with Gasteiger partial charge in [0.05, 0.1) is 0 Å². The lowest BCUT2D eigenvalue weighted by atomic mass is 9.71. The van der Waals surface area contributed by atoms with E-state index < -0.39 is 0 Å². The summed E-state index contributed by atoms with van der Waals surface area (Å²) in [6, 6.07) is 0. The normalized spacial score (nSPS) is 29.4. The highest BCUT2D eigenvalue weighted by Gasteiger charge is 2.32. The molecule has 1 aliphatic rings. The van der Waals surface area contributed by atoms with Crippen LogP contribution >= 0.6 is 0 Å². The zero-order valence-corrected chi connectivity index (χ0v) is 13.7. The van der Waals surface area contributed by atoms with Crippen molar-refractivity contribution in [3.8, 4) is 0 Å². The summed E-state index contributed by atoms with van der Waals surface area (Å²) in [6.07, 6.45) is 16.2. The van der Waals surface area contributed by atoms with Gasteiger partial charge in [-0.25, -0.2) is 0 Å². The number of hydrogen-bond donors (Lipinski definition) is 1. The molecule has 0 aromatic carbocycles. The summed E-state index contributed by atoms with van der Waals surface area (Å²) in [7, 11) is 0. The van der Waals surface area contributed by atoms with Gasteiger partial charge in [-0.05, 0) is 43.9 Å². The van der Waals surface area contributed by atoms with E-state index in [2.05, 4.69) is 20.8 Å². The lowest BCUT2D eigenvalue weighted by molar-refractivity contribution is 0.181. The Morgan fingerprint density at radius 3 is 2.21 bits per heavy atom. The molecule has 0 heterocycles. The maximum absolute atomic E-state index is 6.70. The first-order valence-corrected chi connectivity index (χ1v) is 8.92. The summed E-state index contributed by atoms with van der Waals surface area (Å²) >= 11 is 0. The first-order chi connectivity index (χ1) is 9.13. The van der Waals surface area contributed by atoms with Gasteiger partial charge in [-0.2, -0.15) is 0 Å². The Bertz CT molecular complexity index is 216. The van der Waals surface area contributed by atoms with Crippen molar-refractivity contribution >= 4 is 0 Å². The summed E-state index contributed by atoms with van der Waals surface area (Å²) in [6.45, 7) is 6.94. The van der Waals surface area contributed by atoms with Gasteiger partial charge in [-0.3, -0.25) is 0 Å². The largest absolute Gasteiger partial charge is 0.325 e. The van der Waals surface area contributed by atoms with Crippen LogP contribution < -0.4 is 5.73 Å². The van der Waals surface area contributed by atoms with Crippen LogP contribution in [0.3, 0.4) is 0 Å². The fourth-order valence-electron chi connectivity index (χ4n) is 3.76. The Hall–Kier alpha value is -0.0400. The lowest BCUT2D eigenvalue weighted by Crippen LogP contribution is -2.44. The highest BCUT2D eigenvalue weighted by Crippen LogP contribution is 2.38. The SMILES string of the molecule is CCCCC1CCC(N)(CC(CC)CCCC)CC1. The Morgan fingerprint density at radius 2 is 1.68 bits per heavy atom. The molecule has 0 spiro atoms. The molecular formula is C18H37N. The first-order valence-electron chi connectivity index (χ1n) is 8.92. The summed E-state index contributed by atoms with van der Waals surface area (Å²) in [5, 5.41) is 0. The average molecular weight is 268 g/mol. The second-order valence-electron chi connectivity index (χ2n) is 7.07. The molecule has 0 aromatic heterocycles. The summed E-state index contributed by atoms with van der Waals surface area (Å²) in [5.74, 6) is 1.85. The average Bonchev–Trinajstić information content (AvgIpc) is 2.43. The number of nitrogens with two attached hydrogens (primary N) is 1. The zero-order chi connectivity index (χ0) is 14.1. The second-order valence-corrected chi connectivity index (χ2v) is 7.07. The molecule has 0 aliphatic heterocycles. The van der Waals surface area contributed by atoms with Gasteiger partial charge in [0.25, 0.3) is 0 Å². The monoisotopic (exact) mass is 267 g/mol. The van der Waals surface area contributed by atoms with Crippen molar-refractivity contribution in [2.45, 2.75) is 103 Å². The highest BCUT2D eigenvalue weighted by molar-refractivity contribution is 4.91. The third kappa shape index (κ3) is 6.29. The molecule has 1 heteroatoms. The van der Waals surface area contributed by atoms with Gasteiger partial charge in [0.15, 0.2) is 0 Å². The molecular weight excluding hydrogens is 230 g/mol. The van der Waals surface area contributed by atoms with Crippen LogP contribution in [0.2, 0.25) is 0 Å². The van der Waals surface area contributed by atoms with Crippen LogP contribution in [0.25, 0.3) is 0 Å². The van der Waals surface area contributed by atoms with Crippen molar-refractivity contribution in [2.75, 3.05) is 0 Å². The van der Waals surface area contributed by atoms with Crippen LogP contribution in [0.1, 0.15) is 97.8 Å². The van der Waals surface area contributed by atoms with Crippen LogP contribution in [-0.2, 0) is 0 Å². The van der Waals surface area contributed by atoms with E-state index in [1.807, 2.05) is 0 Å². The Morgan fingerprint density at radius 1 is 1.05 bits per heavy atom. The minimum absolute atomic E-state index is 0.178. The smallest absolute Gasteiger partial charge is 0.0157 e. The van der Waals surface area contributed by atoms with Crippen LogP contribution in [0.15, 0.2) is 0 Å². The zero-order valence-electron chi connectivity index (χ0n) is 13.7. The molecule has 1 aliphatic carbocycles. The molecule has 2 N–H and O–H groups in total. The van der Waals surface area contributed by atoms with Gasteiger partial charge in [0.1, 0.15) is 0 Å². The van der Waals surface area contributed by atoms with E-state index >= 15 is 0 Å². The van der Waals surface area contributed by atoms with Crippen LogP contribution in [0, 0.1) is 11.8 Å². The topological polar surface area (TPSA) is 26.0 Å². The standard InChI is InChI=1S/C18H37N/c1-4-7-9-16(6-3)15-18(19)13-11-17(12-14-18)10-8-5-2/h16-17H,4-15,19H2,1-3H3. The van der Waals surface area contributed by atoms with E-state index in [4.69, 9.17) is 5.73 Å². The molecule has 1 rings (SSSR count). The molecule has 1 fully saturated rings. The van der Waals surface area contributed by atoms with Crippen molar-refractivity contribution in [3.63, 3.8) is 0 Å². The van der Waals surface area contributed by atoms with Gasteiger partial charge < -0.3 is 5.73 Å². The molecule has 1 unspecified atom stereocenters. The molecule has 0 saturated heterocycles. The van der Waals surface area contributed by atoms with Gasteiger partial charge in [-0.15, -0.1) is 0 Å². The fraction of sp³-hybridized carbons (Fsp3) is 1.00. The van der Waals surface area contributed by atoms with Crippen molar-refractivity contribution in [1.29, 1.82) is 0 Å². The lowest BCUT2D eigenvalue weighted by Gasteiger charge is -2.39. The Kier molecular flexibility index (Phi) is 8.06. The van der Waals surface area contributed by atoms with Crippen molar-refractivity contribution < 1.29 is 0 Å². The summed E-state index contributed by atoms with van der Waals surface area (Å²) < 4.78 is 0. The molecule has 0 aromatic rings. The van der Waals surface area contributed by atoms with Gasteiger partial charge in [0, 0.05) is 5.54 Å². The van der Waals surface area contributed by atoms with E-state index in [1.165, 1.54) is 77.0 Å². The van der Waals surface area contributed by atoms with Crippen molar-refractivity contribution in [3.05, 3.63) is 0 Å². The van der Waals surface area contributed by atoms with E-state index in [9.17, 15) is 0 Å². The van der Waals surface area contributed by atoms with E-state index in [0.717, 1.165) is 11.8 Å². The van der Waals surface area contributed by atoms with Gasteiger partial charge in [-0.1, -0.05) is 65.7 Å². The minimum Gasteiger partial charge on any atom is -0.325 e. The highest BCUT2D eigenvalue weighted by atomic mass is 14.7. The number of rotatable bonds is 9. The van der Waals surface area contributed by atoms with Gasteiger partial charge >= 0.3 is 0 Å². The number of hydrogen-bond acceptors (Lipinski definition) is 1. The molecule has 1 nitrogen and oxygen atoms in total. The minimum atomic E-state index is 0.178. The van der Waals surface area contributed by atoms with Crippen LogP contribution in [0.5, 0.6) is 0 Å². The molecule has 1 saturated carbocycles. The van der Waals surface area contributed by atoms with Gasteiger partial charge in [0.2, 0.25) is 0 Å². The van der Waals surface area contributed by atoms with E-state index in [0.29, 0.717) is 0 Å². The third-order valence-corrected chi connectivity index (χ3v) is 5.31.